The molecular formula is C12H18N4O3S. The van der Waals surface area contributed by atoms with Crippen LogP contribution in [0.15, 0.2) is 24.3 Å². The summed E-state index contributed by atoms with van der Waals surface area (Å²) in [6.45, 7) is 0. The normalized spacial score (nSPS) is 22.5. The maximum absolute atomic E-state index is 12.0. The van der Waals surface area contributed by atoms with E-state index in [1.807, 2.05) is 0 Å². The molecule has 0 aromatic heterocycles. The van der Waals surface area contributed by atoms with Crippen LogP contribution in [-0.4, -0.2) is 20.4 Å². The predicted molar refractivity (Wildman–Crippen MR) is 77.1 cm³/mol. The van der Waals surface area contributed by atoms with Crippen molar-refractivity contribution in [3.05, 3.63) is 24.3 Å². The van der Waals surface area contributed by atoms with Gasteiger partial charge in [-0.05, 0) is 37.5 Å². The molecule has 1 fully saturated rings. The molecule has 1 aromatic carbocycles. The third-order valence-corrected chi connectivity index (χ3v) is 3.75. The van der Waals surface area contributed by atoms with Crippen LogP contribution in [0.25, 0.3) is 0 Å². The van der Waals surface area contributed by atoms with Gasteiger partial charge in [0, 0.05) is 17.6 Å². The van der Waals surface area contributed by atoms with Gasteiger partial charge >= 0.3 is 0 Å². The van der Waals surface area contributed by atoms with Gasteiger partial charge in [0.2, 0.25) is 5.91 Å². The zero-order valence-corrected chi connectivity index (χ0v) is 11.7. The molecule has 8 heteroatoms. The number of anilines is 2. The van der Waals surface area contributed by atoms with E-state index in [4.69, 9.17) is 10.9 Å². The molecule has 7 nitrogen and oxygen atoms in total. The summed E-state index contributed by atoms with van der Waals surface area (Å²) in [5.74, 6) is -0.175. The van der Waals surface area contributed by atoms with Crippen LogP contribution in [0.3, 0.4) is 0 Å². The SMILES string of the molecule is NC1CCC(C(=O)Nc2cccc(NS(N)(=O)=O)c2)C1. The molecule has 1 saturated carbocycles. The molecule has 0 saturated heterocycles. The number of hydrogen-bond acceptors (Lipinski definition) is 4. The Balaban J connectivity index is 2.02. The first-order valence-corrected chi connectivity index (χ1v) is 7.85. The van der Waals surface area contributed by atoms with Crippen molar-refractivity contribution in [1.29, 1.82) is 0 Å². The molecule has 0 bridgehead atoms. The average molecular weight is 298 g/mol. The van der Waals surface area contributed by atoms with Crippen LogP contribution in [0.5, 0.6) is 0 Å². The Morgan fingerprint density at radius 1 is 1.25 bits per heavy atom. The van der Waals surface area contributed by atoms with E-state index in [9.17, 15) is 13.2 Å². The molecule has 6 N–H and O–H groups in total. The summed E-state index contributed by atoms with van der Waals surface area (Å²) < 4.78 is 24.0. The first kappa shape index (κ1) is 14.8. The molecule has 1 aliphatic rings. The minimum atomic E-state index is -3.82. The van der Waals surface area contributed by atoms with E-state index in [1.165, 1.54) is 6.07 Å². The first-order valence-electron chi connectivity index (χ1n) is 6.30. The Kier molecular flexibility index (Phi) is 4.26. The lowest BCUT2D eigenvalue weighted by molar-refractivity contribution is -0.119. The number of nitrogens with one attached hydrogen (secondary N) is 2. The molecule has 0 spiro atoms. The highest BCUT2D eigenvalue weighted by molar-refractivity contribution is 7.90. The lowest BCUT2D eigenvalue weighted by Gasteiger charge is -2.12. The zero-order valence-electron chi connectivity index (χ0n) is 10.9. The molecule has 2 rings (SSSR count). The van der Waals surface area contributed by atoms with E-state index in [-0.39, 0.29) is 17.9 Å². The highest BCUT2D eigenvalue weighted by Gasteiger charge is 2.27. The summed E-state index contributed by atoms with van der Waals surface area (Å²) in [5, 5.41) is 7.65. The maximum Gasteiger partial charge on any atom is 0.296 e. The van der Waals surface area contributed by atoms with Gasteiger partial charge in [0.15, 0.2) is 0 Å². The van der Waals surface area contributed by atoms with Gasteiger partial charge < -0.3 is 11.1 Å². The molecule has 2 unspecified atom stereocenters. The molecule has 1 aromatic rings. The van der Waals surface area contributed by atoms with Crippen LogP contribution in [0, 0.1) is 5.92 Å². The van der Waals surface area contributed by atoms with Crippen molar-refractivity contribution >= 4 is 27.5 Å². The van der Waals surface area contributed by atoms with Gasteiger partial charge in [-0.2, -0.15) is 8.42 Å². The van der Waals surface area contributed by atoms with Crippen LogP contribution in [0.1, 0.15) is 19.3 Å². The summed E-state index contributed by atoms with van der Waals surface area (Å²) in [4.78, 5) is 12.0. The number of nitrogens with two attached hydrogens (primary N) is 2. The molecule has 1 amide bonds. The van der Waals surface area contributed by atoms with E-state index in [0.717, 1.165) is 12.8 Å². The maximum atomic E-state index is 12.0. The summed E-state index contributed by atoms with van der Waals surface area (Å²) in [7, 11) is -3.82. The number of amides is 1. The summed E-state index contributed by atoms with van der Waals surface area (Å²) in [6, 6.07) is 6.45. The van der Waals surface area contributed by atoms with Crippen LogP contribution in [-0.2, 0) is 15.0 Å². The largest absolute Gasteiger partial charge is 0.328 e. The fraction of sp³-hybridized carbons (Fsp3) is 0.417. The van der Waals surface area contributed by atoms with Gasteiger partial charge in [0.05, 0.1) is 5.69 Å². The Bertz CT molecular complexity index is 602. The molecule has 0 aliphatic heterocycles. The van der Waals surface area contributed by atoms with Crippen LogP contribution < -0.4 is 20.9 Å². The quantitative estimate of drug-likeness (QED) is 0.640. The minimum absolute atomic E-state index is 0.0835. The van der Waals surface area contributed by atoms with Gasteiger partial charge in [-0.3, -0.25) is 9.52 Å². The van der Waals surface area contributed by atoms with Crippen molar-refractivity contribution < 1.29 is 13.2 Å². The Labute approximate surface area is 117 Å². The first-order chi connectivity index (χ1) is 9.33. The molecule has 2 atom stereocenters. The summed E-state index contributed by atoms with van der Waals surface area (Å²) >= 11 is 0. The second kappa shape index (κ2) is 5.78. The van der Waals surface area contributed by atoms with Crippen LogP contribution in [0.2, 0.25) is 0 Å². The number of carbonyl (C=O) groups is 1. The predicted octanol–water partition coefficient (Wildman–Crippen LogP) is 0.368. The second-order valence-corrected chi connectivity index (χ2v) is 6.28. The van der Waals surface area contributed by atoms with Crippen molar-refractivity contribution in [2.24, 2.45) is 16.8 Å². The second-order valence-electron chi connectivity index (χ2n) is 4.99. The number of carbonyl (C=O) groups excluding carboxylic acids is 1. The lowest BCUT2D eigenvalue weighted by Crippen LogP contribution is -2.23. The number of hydrogen-bond donors (Lipinski definition) is 4. The van der Waals surface area contributed by atoms with Crippen LogP contribution >= 0.6 is 0 Å². The lowest BCUT2D eigenvalue weighted by atomic mass is 10.1. The smallest absolute Gasteiger partial charge is 0.296 e. The van der Waals surface area contributed by atoms with E-state index in [2.05, 4.69) is 10.0 Å². The van der Waals surface area contributed by atoms with E-state index in [0.29, 0.717) is 17.8 Å². The molecular weight excluding hydrogens is 280 g/mol. The molecule has 0 heterocycles. The number of benzene rings is 1. The Morgan fingerprint density at radius 3 is 2.55 bits per heavy atom. The van der Waals surface area contributed by atoms with Gasteiger partial charge in [-0.1, -0.05) is 6.07 Å². The summed E-state index contributed by atoms with van der Waals surface area (Å²) in [6.07, 6.45) is 2.31. The Morgan fingerprint density at radius 2 is 1.95 bits per heavy atom. The zero-order chi connectivity index (χ0) is 14.8. The fourth-order valence-electron chi connectivity index (χ4n) is 2.32. The molecule has 1 aliphatic carbocycles. The highest BCUT2D eigenvalue weighted by Crippen LogP contribution is 2.26. The standard InChI is InChI=1S/C12H18N4O3S/c13-9-5-4-8(6-9)12(17)15-10-2-1-3-11(7-10)16-20(14,18)19/h1-3,7-9,16H,4-6,13H2,(H,15,17)(H2,14,18,19). The third kappa shape index (κ3) is 4.19. The van der Waals surface area contributed by atoms with E-state index >= 15 is 0 Å². The minimum Gasteiger partial charge on any atom is -0.328 e. The van der Waals surface area contributed by atoms with Gasteiger partial charge in [0.1, 0.15) is 0 Å². The molecule has 0 radical (unpaired) electrons. The topological polar surface area (TPSA) is 127 Å². The van der Waals surface area contributed by atoms with E-state index in [1.54, 1.807) is 18.2 Å². The number of rotatable bonds is 4. The van der Waals surface area contributed by atoms with Gasteiger partial charge in [0.25, 0.3) is 10.2 Å². The summed E-state index contributed by atoms with van der Waals surface area (Å²) in [5.41, 5.74) is 6.60. The van der Waals surface area contributed by atoms with Crippen LogP contribution in [0.4, 0.5) is 11.4 Å². The monoisotopic (exact) mass is 298 g/mol. The molecule has 110 valence electrons. The molecule has 20 heavy (non-hydrogen) atoms. The Hall–Kier alpha value is -1.64. The third-order valence-electron chi connectivity index (χ3n) is 3.23. The van der Waals surface area contributed by atoms with Gasteiger partial charge in [-0.25, -0.2) is 5.14 Å². The van der Waals surface area contributed by atoms with E-state index < -0.39 is 10.2 Å². The average Bonchev–Trinajstić information content (AvgIpc) is 2.74. The van der Waals surface area contributed by atoms with Gasteiger partial charge in [-0.15, -0.1) is 0 Å². The highest BCUT2D eigenvalue weighted by atomic mass is 32.2. The van der Waals surface area contributed by atoms with Crippen molar-refractivity contribution in [2.45, 2.75) is 25.3 Å². The van der Waals surface area contributed by atoms with Crippen molar-refractivity contribution in [3.63, 3.8) is 0 Å². The van der Waals surface area contributed by atoms with Crippen molar-refractivity contribution in [3.8, 4) is 0 Å². The van der Waals surface area contributed by atoms with Crippen molar-refractivity contribution in [2.75, 3.05) is 10.0 Å². The van der Waals surface area contributed by atoms with Crippen molar-refractivity contribution in [1.82, 2.24) is 0 Å². The fourth-order valence-corrected chi connectivity index (χ4v) is 2.78.